The van der Waals surface area contributed by atoms with Gasteiger partial charge in [0.25, 0.3) is 0 Å². The molecule has 0 spiro atoms. The quantitative estimate of drug-likeness (QED) is 0.797. The van der Waals surface area contributed by atoms with Gasteiger partial charge in [-0.15, -0.1) is 0 Å². The summed E-state index contributed by atoms with van der Waals surface area (Å²) in [6, 6.07) is 6.48. The van der Waals surface area contributed by atoms with Gasteiger partial charge in [-0.05, 0) is 37.0 Å². The van der Waals surface area contributed by atoms with Crippen LogP contribution in [0.5, 0.6) is 0 Å². The average Bonchev–Trinajstić information content (AvgIpc) is 3.05. The number of anilines is 1. The molecule has 4 rings (SSSR count). The van der Waals surface area contributed by atoms with Crippen molar-refractivity contribution in [3.8, 4) is 0 Å². The van der Waals surface area contributed by atoms with E-state index in [1.807, 2.05) is 10.6 Å². The highest BCUT2D eigenvalue weighted by Crippen LogP contribution is 2.27. The zero-order valence-corrected chi connectivity index (χ0v) is 13.2. The van der Waals surface area contributed by atoms with E-state index in [4.69, 9.17) is 4.74 Å². The Morgan fingerprint density at radius 1 is 1.25 bits per heavy atom. The third-order valence-electron chi connectivity index (χ3n) is 4.17. The van der Waals surface area contributed by atoms with E-state index >= 15 is 0 Å². The first-order valence-corrected chi connectivity index (χ1v) is 8.09. The summed E-state index contributed by atoms with van der Waals surface area (Å²) in [5, 5.41) is 3.21. The van der Waals surface area contributed by atoms with Crippen LogP contribution in [-0.4, -0.2) is 26.1 Å². The monoisotopic (exact) mass is 327 g/mol. The molecule has 1 saturated heterocycles. The number of nitrogens with zero attached hydrogens (tertiary/aromatic N) is 4. The fourth-order valence-corrected chi connectivity index (χ4v) is 2.97. The third kappa shape index (κ3) is 2.94. The van der Waals surface area contributed by atoms with Crippen molar-refractivity contribution >= 4 is 17.0 Å². The van der Waals surface area contributed by atoms with Gasteiger partial charge in [0.2, 0.25) is 0 Å². The summed E-state index contributed by atoms with van der Waals surface area (Å²) >= 11 is 0. The second kappa shape index (κ2) is 6.52. The van der Waals surface area contributed by atoms with Crippen molar-refractivity contribution in [2.24, 2.45) is 0 Å². The Bertz CT molecular complexity index is 844. The first-order chi connectivity index (χ1) is 11.8. The summed E-state index contributed by atoms with van der Waals surface area (Å²) in [5.41, 5.74) is 2.29. The topological polar surface area (TPSA) is 64.9 Å². The maximum absolute atomic E-state index is 13.3. The fraction of sp³-hybridized carbons (Fsp3) is 0.353. The van der Waals surface area contributed by atoms with Crippen molar-refractivity contribution in [3.63, 3.8) is 0 Å². The van der Waals surface area contributed by atoms with Crippen molar-refractivity contribution in [2.45, 2.75) is 32.0 Å². The van der Waals surface area contributed by atoms with Gasteiger partial charge < -0.3 is 10.1 Å². The van der Waals surface area contributed by atoms with E-state index in [9.17, 15) is 4.39 Å². The number of nitrogens with one attached hydrogen (secondary N) is 1. The molecule has 1 atom stereocenters. The second-order valence-electron chi connectivity index (χ2n) is 5.85. The molecule has 1 aromatic carbocycles. The van der Waals surface area contributed by atoms with Crippen LogP contribution in [0.3, 0.4) is 0 Å². The Morgan fingerprint density at radius 2 is 2.21 bits per heavy atom. The molecule has 3 aromatic rings. The summed E-state index contributed by atoms with van der Waals surface area (Å²) in [6.45, 7) is 1.23. The maximum atomic E-state index is 13.3. The van der Waals surface area contributed by atoms with Crippen molar-refractivity contribution in [1.29, 1.82) is 0 Å². The predicted molar refractivity (Wildman–Crippen MR) is 87.9 cm³/mol. The molecular weight excluding hydrogens is 309 g/mol. The van der Waals surface area contributed by atoms with Gasteiger partial charge >= 0.3 is 0 Å². The van der Waals surface area contributed by atoms with Crippen LogP contribution in [0.1, 0.15) is 31.1 Å². The van der Waals surface area contributed by atoms with E-state index in [-0.39, 0.29) is 12.0 Å². The molecule has 0 aliphatic carbocycles. The minimum Gasteiger partial charge on any atom is -0.364 e. The molecule has 1 aliphatic heterocycles. The number of fused-ring (bicyclic) bond motifs is 1. The highest BCUT2D eigenvalue weighted by Gasteiger charge is 2.20. The van der Waals surface area contributed by atoms with Gasteiger partial charge in [-0.2, -0.15) is 0 Å². The lowest BCUT2D eigenvalue weighted by atomic mass is 10.2. The molecule has 0 bridgehead atoms. The second-order valence-corrected chi connectivity index (χ2v) is 5.85. The SMILES string of the molecule is Fc1cccc(CNc2ncnc3c2ncn3[C@@H]2CCCCO2)c1. The molecule has 1 fully saturated rings. The standard InChI is InChI=1S/C17H18FN5O/c18-13-5-3-4-12(8-13)9-19-16-15-17(21-10-20-16)23(11-22-15)14-6-1-2-7-24-14/h3-5,8,10-11,14H,1-2,6-7,9H2,(H,19,20,21)/t14-/m0/s1. The van der Waals surface area contributed by atoms with Crippen LogP contribution in [0.25, 0.3) is 11.2 Å². The molecule has 0 radical (unpaired) electrons. The van der Waals surface area contributed by atoms with Crippen molar-refractivity contribution in [2.75, 3.05) is 11.9 Å². The normalized spacial score (nSPS) is 18.0. The number of aromatic nitrogens is 4. The lowest BCUT2D eigenvalue weighted by molar-refractivity contribution is -0.0298. The van der Waals surface area contributed by atoms with Crippen LogP contribution in [0, 0.1) is 5.82 Å². The number of hydrogen-bond donors (Lipinski definition) is 1. The minimum atomic E-state index is -0.249. The number of hydrogen-bond acceptors (Lipinski definition) is 5. The zero-order chi connectivity index (χ0) is 16.4. The van der Waals surface area contributed by atoms with E-state index in [1.54, 1.807) is 12.4 Å². The minimum absolute atomic E-state index is 0.0188. The van der Waals surface area contributed by atoms with Crippen LogP contribution < -0.4 is 5.32 Å². The molecule has 1 aliphatic rings. The number of ether oxygens (including phenoxy) is 1. The van der Waals surface area contributed by atoms with Crippen LogP contribution >= 0.6 is 0 Å². The van der Waals surface area contributed by atoms with E-state index in [2.05, 4.69) is 20.3 Å². The molecule has 2 aromatic heterocycles. The molecule has 0 unspecified atom stereocenters. The molecule has 0 amide bonds. The summed E-state index contributed by atoms with van der Waals surface area (Å²) < 4.78 is 21.0. The average molecular weight is 327 g/mol. The van der Waals surface area contributed by atoms with Crippen molar-refractivity contribution < 1.29 is 9.13 Å². The van der Waals surface area contributed by atoms with Gasteiger partial charge in [-0.1, -0.05) is 12.1 Å². The Labute approximate surface area is 138 Å². The zero-order valence-electron chi connectivity index (χ0n) is 13.2. The van der Waals surface area contributed by atoms with Gasteiger partial charge in [-0.25, -0.2) is 19.3 Å². The summed E-state index contributed by atoms with van der Waals surface area (Å²) in [6.07, 6.45) is 6.44. The van der Waals surface area contributed by atoms with Gasteiger partial charge in [0, 0.05) is 13.2 Å². The molecular formula is C17H18FN5O. The van der Waals surface area contributed by atoms with E-state index in [0.29, 0.717) is 17.9 Å². The Morgan fingerprint density at radius 3 is 3.04 bits per heavy atom. The summed E-state index contributed by atoms with van der Waals surface area (Å²) in [7, 11) is 0. The number of benzene rings is 1. The molecule has 24 heavy (non-hydrogen) atoms. The number of imidazole rings is 1. The van der Waals surface area contributed by atoms with Gasteiger partial charge in [-0.3, -0.25) is 4.57 Å². The molecule has 0 saturated carbocycles. The third-order valence-corrected chi connectivity index (χ3v) is 4.17. The Balaban J connectivity index is 1.58. The first-order valence-electron chi connectivity index (χ1n) is 8.09. The van der Waals surface area contributed by atoms with Gasteiger partial charge in [0.1, 0.15) is 18.4 Å². The van der Waals surface area contributed by atoms with Crippen LogP contribution in [-0.2, 0) is 11.3 Å². The Hall–Kier alpha value is -2.54. The van der Waals surface area contributed by atoms with E-state index in [0.717, 1.165) is 37.1 Å². The van der Waals surface area contributed by atoms with Crippen molar-refractivity contribution in [1.82, 2.24) is 19.5 Å². The van der Waals surface area contributed by atoms with Crippen molar-refractivity contribution in [3.05, 3.63) is 48.3 Å². The summed E-state index contributed by atoms with van der Waals surface area (Å²) in [5.74, 6) is 0.389. The molecule has 1 N–H and O–H groups in total. The maximum Gasteiger partial charge on any atom is 0.167 e. The fourth-order valence-electron chi connectivity index (χ4n) is 2.97. The molecule has 124 valence electrons. The molecule has 6 nitrogen and oxygen atoms in total. The first kappa shape index (κ1) is 15.0. The smallest absolute Gasteiger partial charge is 0.167 e. The number of rotatable bonds is 4. The van der Waals surface area contributed by atoms with Crippen LogP contribution in [0.4, 0.5) is 10.2 Å². The largest absolute Gasteiger partial charge is 0.364 e. The number of halogens is 1. The lowest BCUT2D eigenvalue weighted by Gasteiger charge is -2.23. The molecule has 7 heteroatoms. The lowest BCUT2D eigenvalue weighted by Crippen LogP contribution is -2.17. The van der Waals surface area contributed by atoms with Crippen LogP contribution in [0.2, 0.25) is 0 Å². The molecule has 3 heterocycles. The predicted octanol–water partition coefficient (Wildman–Crippen LogP) is 3.28. The highest BCUT2D eigenvalue weighted by atomic mass is 19.1. The summed E-state index contributed by atoms with van der Waals surface area (Å²) in [4.78, 5) is 13.1. The van der Waals surface area contributed by atoms with Gasteiger partial charge in [0.05, 0.1) is 6.33 Å². The van der Waals surface area contributed by atoms with Crippen LogP contribution in [0.15, 0.2) is 36.9 Å². The Kier molecular flexibility index (Phi) is 4.08. The van der Waals surface area contributed by atoms with E-state index < -0.39 is 0 Å². The van der Waals surface area contributed by atoms with Gasteiger partial charge in [0.15, 0.2) is 17.0 Å². The van der Waals surface area contributed by atoms with E-state index in [1.165, 1.54) is 18.5 Å². The highest BCUT2D eigenvalue weighted by molar-refractivity contribution is 5.82.